The van der Waals surface area contributed by atoms with E-state index in [-0.39, 0.29) is 0 Å². The molecule has 0 aromatic heterocycles. The Bertz CT molecular complexity index is 248. The van der Waals surface area contributed by atoms with Crippen molar-refractivity contribution in [1.82, 2.24) is 0 Å². The molecule has 0 N–H and O–H groups in total. The molecule has 0 fully saturated rings. The second-order valence-corrected chi connectivity index (χ2v) is 4.90. The lowest BCUT2D eigenvalue weighted by molar-refractivity contribution is -0.104. The highest BCUT2D eigenvalue weighted by Crippen LogP contribution is 2.12. The van der Waals surface area contributed by atoms with Crippen LogP contribution in [0.1, 0.15) is 72.1 Å². The second kappa shape index (κ2) is 11.6. The molecule has 0 aliphatic heterocycles. The summed E-state index contributed by atoms with van der Waals surface area (Å²) in [5.74, 6) is 0. The van der Waals surface area contributed by atoms with E-state index in [4.69, 9.17) is 0 Å². The van der Waals surface area contributed by atoms with Crippen molar-refractivity contribution in [2.75, 3.05) is 0 Å². The molecule has 1 heteroatoms. The molecule has 0 saturated carbocycles. The first-order valence-electron chi connectivity index (χ1n) is 6.97. The van der Waals surface area contributed by atoms with Crippen LogP contribution in [-0.2, 0) is 4.79 Å². The molecule has 0 bridgehead atoms. The number of rotatable bonds is 10. The molecule has 0 aliphatic rings. The van der Waals surface area contributed by atoms with E-state index >= 15 is 0 Å². The summed E-state index contributed by atoms with van der Waals surface area (Å²) in [5.41, 5.74) is 2.67. The van der Waals surface area contributed by atoms with Gasteiger partial charge in [0.1, 0.15) is 6.29 Å². The van der Waals surface area contributed by atoms with E-state index in [9.17, 15) is 4.79 Å². The van der Waals surface area contributed by atoms with Gasteiger partial charge in [-0.15, -0.1) is 0 Å². The van der Waals surface area contributed by atoms with Crippen LogP contribution in [0.15, 0.2) is 23.3 Å². The van der Waals surface area contributed by atoms with E-state index in [1.54, 1.807) is 6.08 Å². The zero-order valence-electron chi connectivity index (χ0n) is 11.8. The van der Waals surface area contributed by atoms with Crippen LogP contribution in [0, 0.1) is 0 Å². The first-order chi connectivity index (χ1) is 8.20. The van der Waals surface area contributed by atoms with Crippen molar-refractivity contribution in [3.8, 4) is 0 Å². The van der Waals surface area contributed by atoms with Gasteiger partial charge in [-0.3, -0.25) is 4.79 Å². The maximum Gasteiger partial charge on any atom is 0.142 e. The Morgan fingerprint density at radius 2 is 1.65 bits per heavy atom. The van der Waals surface area contributed by atoms with Crippen LogP contribution in [0.3, 0.4) is 0 Å². The number of carbonyl (C=O) groups excluding carboxylic acids is 1. The molecule has 17 heavy (non-hydrogen) atoms. The summed E-state index contributed by atoms with van der Waals surface area (Å²) in [6, 6.07) is 0. The molecule has 98 valence electrons. The maximum absolute atomic E-state index is 10.2. The Kier molecular flexibility index (Phi) is 11.0. The molecule has 0 unspecified atom stereocenters. The number of hydrogen-bond acceptors (Lipinski definition) is 1. The van der Waals surface area contributed by atoms with Crippen LogP contribution in [0.5, 0.6) is 0 Å². The van der Waals surface area contributed by atoms with Gasteiger partial charge in [0.25, 0.3) is 0 Å². The molecule has 0 atom stereocenters. The van der Waals surface area contributed by atoms with Crippen LogP contribution in [-0.4, -0.2) is 6.29 Å². The van der Waals surface area contributed by atoms with Gasteiger partial charge >= 0.3 is 0 Å². The normalized spacial score (nSPS) is 12.9. The maximum atomic E-state index is 10.2. The van der Waals surface area contributed by atoms with E-state index in [2.05, 4.69) is 19.9 Å². The van der Waals surface area contributed by atoms with Crippen molar-refractivity contribution in [3.05, 3.63) is 23.3 Å². The Morgan fingerprint density at radius 1 is 0.941 bits per heavy atom. The summed E-state index contributed by atoms with van der Waals surface area (Å²) in [6.45, 7) is 6.49. The van der Waals surface area contributed by atoms with Gasteiger partial charge in [-0.2, -0.15) is 0 Å². The average Bonchev–Trinajstić information content (AvgIpc) is 2.29. The zero-order valence-corrected chi connectivity index (χ0v) is 11.8. The van der Waals surface area contributed by atoms with Crippen molar-refractivity contribution >= 4 is 6.29 Å². The van der Waals surface area contributed by atoms with Crippen LogP contribution in [0.2, 0.25) is 0 Å². The number of hydrogen-bond donors (Lipinski definition) is 0. The lowest BCUT2D eigenvalue weighted by Gasteiger charge is -2.02. The SMILES string of the molecule is CCCCCCCC(C)=CCCC(C)=CC=O. The third-order valence-electron chi connectivity index (χ3n) is 3.06. The molecule has 0 saturated heterocycles. The molecule has 1 nitrogen and oxygen atoms in total. The van der Waals surface area contributed by atoms with Crippen molar-refractivity contribution in [2.24, 2.45) is 0 Å². The fraction of sp³-hybridized carbons (Fsp3) is 0.688. The summed E-state index contributed by atoms with van der Waals surface area (Å²) in [6.07, 6.45) is 14.9. The minimum atomic E-state index is 0.875. The van der Waals surface area contributed by atoms with Crippen molar-refractivity contribution in [1.29, 1.82) is 0 Å². The summed E-state index contributed by atoms with van der Waals surface area (Å²) in [5, 5.41) is 0. The molecule has 0 aliphatic carbocycles. The molecule has 0 aromatic carbocycles. The van der Waals surface area contributed by atoms with Gasteiger partial charge in [0.15, 0.2) is 0 Å². The summed E-state index contributed by atoms with van der Waals surface area (Å²) < 4.78 is 0. The van der Waals surface area contributed by atoms with Gasteiger partial charge in [0.2, 0.25) is 0 Å². The molecule has 0 amide bonds. The van der Waals surface area contributed by atoms with Gasteiger partial charge in [-0.05, 0) is 45.6 Å². The molecule has 0 spiro atoms. The van der Waals surface area contributed by atoms with Gasteiger partial charge in [-0.1, -0.05) is 49.8 Å². The predicted octanol–water partition coefficient (Wildman–Crippen LogP) is 5.22. The van der Waals surface area contributed by atoms with E-state index in [0.717, 1.165) is 19.1 Å². The summed E-state index contributed by atoms with van der Waals surface area (Å²) in [4.78, 5) is 10.2. The van der Waals surface area contributed by atoms with E-state index < -0.39 is 0 Å². The topological polar surface area (TPSA) is 17.1 Å². The summed E-state index contributed by atoms with van der Waals surface area (Å²) >= 11 is 0. The van der Waals surface area contributed by atoms with Crippen molar-refractivity contribution < 1.29 is 4.79 Å². The Morgan fingerprint density at radius 3 is 2.29 bits per heavy atom. The first kappa shape index (κ1) is 16.1. The van der Waals surface area contributed by atoms with E-state index in [1.165, 1.54) is 49.7 Å². The lowest BCUT2D eigenvalue weighted by Crippen LogP contribution is -1.82. The van der Waals surface area contributed by atoms with Gasteiger partial charge in [-0.25, -0.2) is 0 Å². The largest absolute Gasteiger partial charge is 0.299 e. The lowest BCUT2D eigenvalue weighted by atomic mass is 10.0. The third-order valence-corrected chi connectivity index (χ3v) is 3.06. The molecule has 0 radical (unpaired) electrons. The Balaban J connectivity index is 3.57. The van der Waals surface area contributed by atoms with Crippen molar-refractivity contribution in [3.63, 3.8) is 0 Å². The van der Waals surface area contributed by atoms with Gasteiger partial charge in [0.05, 0.1) is 0 Å². The van der Waals surface area contributed by atoms with Crippen LogP contribution < -0.4 is 0 Å². The Hall–Kier alpha value is -0.850. The quantitative estimate of drug-likeness (QED) is 0.220. The Labute approximate surface area is 107 Å². The predicted molar refractivity (Wildman–Crippen MR) is 76.2 cm³/mol. The van der Waals surface area contributed by atoms with E-state index in [0.29, 0.717) is 0 Å². The fourth-order valence-corrected chi connectivity index (χ4v) is 1.86. The van der Waals surface area contributed by atoms with Crippen LogP contribution in [0.4, 0.5) is 0 Å². The van der Waals surface area contributed by atoms with Crippen LogP contribution in [0.25, 0.3) is 0 Å². The fourth-order valence-electron chi connectivity index (χ4n) is 1.86. The van der Waals surface area contributed by atoms with Gasteiger partial charge < -0.3 is 0 Å². The van der Waals surface area contributed by atoms with E-state index in [1.807, 2.05) is 6.92 Å². The molecule has 0 heterocycles. The molecule has 0 rings (SSSR count). The monoisotopic (exact) mass is 236 g/mol. The third kappa shape index (κ3) is 11.4. The van der Waals surface area contributed by atoms with Crippen molar-refractivity contribution in [2.45, 2.75) is 72.1 Å². The second-order valence-electron chi connectivity index (χ2n) is 4.90. The average molecular weight is 236 g/mol. The highest BCUT2D eigenvalue weighted by Gasteiger charge is 1.93. The molecule has 0 aromatic rings. The summed E-state index contributed by atoms with van der Waals surface area (Å²) in [7, 11) is 0. The highest BCUT2D eigenvalue weighted by atomic mass is 16.1. The number of aldehydes is 1. The van der Waals surface area contributed by atoms with Crippen LogP contribution >= 0.6 is 0 Å². The highest BCUT2D eigenvalue weighted by molar-refractivity contribution is 5.65. The van der Waals surface area contributed by atoms with Gasteiger partial charge in [0, 0.05) is 0 Å². The standard InChI is InChI=1S/C16H28O/c1-4-5-6-7-8-10-15(2)11-9-12-16(3)13-14-17/h11,13-14H,4-10,12H2,1-3H3. The number of allylic oxidation sites excluding steroid dienone is 4. The molecular weight excluding hydrogens is 208 g/mol. The minimum Gasteiger partial charge on any atom is -0.299 e. The smallest absolute Gasteiger partial charge is 0.142 e. The number of carbonyl (C=O) groups is 1. The number of unbranched alkanes of at least 4 members (excludes halogenated alkanes) is 4. The molecular formula is C16H28O. The zero-order chi connectivity index (χ0) is 12.9. The first-order valence-corrected chi connectivity index (χ1v) is 6.97. The minimum absolute atomic E-state index is 0.875.